The van der Waals surface area contributed by atoms with Gasteiger partial charge >= 0.3 is 0 Å². The van der Waals surface area contributed by atoms with Gasteiger partial charge in [0.2, 0.25) is 0 Å². The maximum absolute atomic E-state index is 9.50. The Balaban J connectivity index is 1.56. The Morgan fingerprint density at radius 3 is 2.74 bits per heavy atom. The van der Waals surface area contributed by atoms with Crippen molar-refractivity contribution in [3.63, 3.8) is 0 Å². The summed E-state index contributed by atoms with van der Waals surface area (Å²) in [7, 11) is 0. The number of aliphatic hydroxyl groups is 1. The Morgan fingerprint density at radius 1 is 1.11 bits per heavy atom. The maximum Gasteiger partial charge on any atom is 0.122 e. The molecule has 1 aliphatic heterocycles. The molecule has 0 bridgehead atoms. The van der Waals surface area contributed by atoms with Crippen LogP contribution >= 0.6 is 0 Å². The molecular formula is C16H22O3. The standard InChI is InChI=1S/C16H22O3/c17-13-5-7-14(8-6-13)19-11-12-9-10-18-16-4-2-1-3-15(12)16/h1-4,12-14,17H,5-11H2. The van der Waals surface area contributed by atoms with Crippen molar-refractivity contribution < 1.29 is 14.6 Å². The Labute approximate surface area is 114 Å². The Morgan fingerprint density at radius 2 is 1.89 bits per heavy atom. The van der Waals surface area contributed by atoms with Gasteiger partial charge in [0.05, 0.1) is 25.4 Å². The molecule has 0 radical (unpaired) electrons. The van der Waals surface area contributed by atoms with Crippen LogP contribution in [0.5, 0.6) is 5.75 Å². The largest absolute Gasteiger partial charge is 0.493 e. The summed E-state index contributed by atoms with van der Waals surface area (Å²) in [5.41, 5.74) is 1.28. The summed E-state index contributed by atoms with van der Waals surface area (Å²) in [6, 6.07) is 8.27. The van der Waals surface area contributed by atoms with Crippen LogP contribution in [0.1, 0.15) is 43.6 Å². The van der Waals surface area contributed by atoms with Crippen LogP contribution in [0.3, 0.4) is 0 Å². The summed E-state index contributed by atoms with van der Waals surface area (Å²) >= 11 is 0. The van der Waals surface area contributed by atoms with Gasteiger partial charge in [-0.2, -0.15) is 0 Å². The van der Waals surface area contributed by atoms with E-state index in [0.29, 0.717) is 12.0 Å². The molecule has 104 valence electrons. The number of fused-ring (bicyclic) bond motifs is 1. The SMILES string of the molecule is OC1CCC(OCC2CCOc3ccccc32)CC1. The van der Waals surface area contributed by atoms with Crippen LogP contribution in [0.4, 0.5) is 0 Å². The minimum absolute atomic E-state index is 0.108. The monoisotopic (exact) mass is 262 g/mol. The van der Waals surface area contributed by atoms with Crippen molar-refractivity contribution in [1.82, 2.24) is 0 Å². The first-order valence-corrected chi connectivity index (χ1v) is 7.34. The molecule has 0 spiro atoms. The van der Waals surface area contributed by atoms with Crippen LogP contribution in [0.2, 0.25) is 0 Å². The van der Waals surface area contributed by atoms with Crippen LogP contribution in [-0.4, -0.2) is 30.5 Å². The normalized spacial score (nSPS) is 30.5. The zero-order chi connectivity index (χ0) is 13.1. The van der Waals surface area contributed by atoms with Gasteiger partial charge in [-0.05, 0) is 43.7 Å². The van der Waals surface area contributed by atoms with E-state index in [-0.39, 0.29) is 6.10 Å². The van der Waals surface area contributed by atoms with E-state index >= 15 is 0 Å². The van der Waals surface area contributed by atoms with Crippen molar-refractivity contribution in [2.45, 2.75) is 50.2 Å². The average molecular weight is 262 g/mol. The molecule has 3 heteroatoms. The highest BCUT2D eigenvalue weighted by Crippen LogP contribution is 2.34. The zero-order valence-electron chi connectivity index (χ0n) is 11.3. The molecule has 1 unspecified atom stereocenters. The lowest BCUT2D eigenvalue weighted by Crippen LogP contribution is -2.27. The van der Waals surface area contributed by atoms with Gasteiger partial charge < -0.3 is 14.6 Å². The molecule has 1 N–H and O–H groups in total. The minimum atomic E-state index is -0.108. The fraction of sp³-hybridized carbons (Fsp3) is 0.625. The van der Waals surface area contributed by atoms with E-state index in [1.54, 1.807) is 0 Å². The number of aliphatic hydroxyl groups excluding tert-OH is 1. The molecule has 1 fully saturated rings. The number of para-hydroxylation sites is 1. The number of hydrogen-bond acceptors (Lipinski definition) is 3. The quantitative estimate of drug-likeness (QED) is 0.910. The molecular weight excluding hydrogens is 240 g/mol. The molecule has 1 aromatic rings. The van der Waals surface area contributed by atoms with Gasteiger partial charge in [0, 0.05) is 5.92 Å². The van der Waals surface area contributed by atoms with E-state index in [1.165, 1.54) is 5.56 Å². The van der Waals surface area contributed by atoms with Crippen molar-refractivity contribution >= 4 is 0 Å². The predicted octanol–water partition coefficient (Wildman–Crippen LogP) is 2.87. The highest BCUT2D eigenvalue weighted by atomic mass is 16.5. The lowest BCUT2D eigenvalue weighted by atomic mass is 9.93. The molecule has 1 heterocycles. The van der Waals surface area contributed by atoms with Crippen LogP contribution in [0, 0.1) is 0 Å². The van der Waals surface area contributed by atoms with Gasteiger partial charge in [0.1, 0.15) is 5.75 Å². The predicted molar refractivity (Wildman–Crippen MR) is 73.5 cm³/mol. The summed E-state index contributed by atoms with van der Waals surface area (Å²) in [6.07, 6.45) is 5.01. The van der Waals surface area contributed by atoms with Crippen molar-refractivity contribution in [3.8, 4) is 5.75 Å². The van der Waals surface area contributed by atoms with Crippen LogP contribution < -0.4 is 4.74 Å². The number of rotatable bonds is 3. The van der Waals surface area contributed by atoms with Crippen LogP contribution in [0.25, 0.3) is 0 Å². The molecule has 0 saturated heterocycles. The summed E-state index contributed by atoms with van der Waals surface area (Å²) < 4.78 is 11.7. The highest BCUT2D eigenvalue weighted by molar-refractivity contribution is 5.37. The fourth-order valence-corrected chi connectivity index (χ4v) is 3.05. The Hall–Kier alpha value is -1.06. The smallest absolute Gasteiger partial charge is 0.122 e. The first-order valence-electron chi connectivity index (χ1n) is 7.34. The zero-order valence-corrected chi connectivity index (χ0v) is 11.3. The van der Waals surface area contributed by atoms with E-state index in [2.05, 4.69) is 12.1 Å². The van der Waals surface area contributed by atoms with Crippen LogP contribution in [0.15, 0.2) is 24.3 Å². The summed E-state index contributed by atoms with van der Waals surface area (Å²) in [6.45, 7) is 1.57. The second-order valence-electron chi connectivity index (χ2n) is 5.64. The van der Waals surface area contributed by atoms with Crippen molar-refractivity contribution in [2.75, 3.05) is 13.2 Å². The molecule has 2 aliphatic rings. The topological polar surface area (TPSA) is 38.7 Å². The van der Waals surface area contributed by atoms with Gasteiger partial charge in [-0.1, -0.05) is 18.2 Å². The second kappa shape index (κ2) is 5.93. The maximum atomic E-state index is 9.50. The molecule has 1 saturated carbocycles. The average Bonchev–Trinajstić information content (AvgIpc) is 2.47. The van der Waals surface area contributed by atoms with E-state index in [0.717, 1.165) is 51.1 Å². The van der Waals surface area contributed by atoms with Gasteiger partial charge in [-0.15, -0.1) is 0 Å². The van der Waals surface area contributed by atoms with Crippen LogP contribution in [-0.2, 0) is 4.74 Å². The first kappa shape index (κ1) is 12.9. The van der Waals surface area contributed by atoms with E-state index in [1.807, 2.05) is 12.1 Å². The Bertz CT molecular complexity index is 410. The van der Waals surface area contributed by atoms with Crippen molar-refractivity contribution in [1.29, 1.82) is 0 Å². The molecule has 0 amide bonds. The summed E-state index contributed by atoms with van der Waals surface area (Å²) in [4.78, 5) is 0. The van der Waals surface area contributed by atoms with Gasteiger partial charge in [-0.25, -0.2) is 0 Å². The Kier molecular flexibility index (Phi) is 4.04. The van der Waals surface area contributed by atoms with Crippen molar-refractivity contribution in [2.24, 2.45) is 0 Å². The number of benzene rings is 1. The minimum Gasteiger partial charge on any atom is -0.493 e. The summed E-state index contributed by atoms with van der Waals surface area (Å²) in [5, 5.41) is 9.50. The third kappa shape index (κ3) is 3.10. The lowest BCUT2D eigenvalue weighted by Gasteiger charge is -2.30. The van der Waals surface area contributed by atoms with Gasteiger partial charge in [-0.3, -0.25) is 0 Å². The van der Waals surface area contributed by atoms with Crippen molar-refractivity contribution in [3.05, 3.63) is 29.8 Å². The number of hydrogen-bond donors (Lipinski definition) is 1. The second-order valence-corrected chi connectivity index (χ2v) is 5.64. The molecule has 3 nitrogen and oxygen atoms in total. The fourth-order valence-electron chi connectivity index (χ4n) is 3.05. The third-order valence-electron chi connectivity index (χ3n) is 4.26. The number of ether oxygens (including phenoxy) is 2. The van der Waals surface area contributed by atoms with E-state index in [4.69, 9.17) is 9.47 Å². The van der Waals surface area contributed by atoms with Gasteiger partial charge in [0.15, 0.2) is 0 Å². The summed E-state index contributed by atoms with van der Waals surface area (Å²) in [5.74, 6) is 1.47. The molecule has 1 atom stereocenters. The molecule has 19 heavy (non-hydrogen) atoms. The third-order valence-corrected chi connectivity index (χ3v) is 4.26. The molecule has 1 aromatic carbocycles. The highest BCUT2D eigenvalue weighted by Gasteiger charge is 2.24. The molecule has 1 aliphatic carbocycles. The molecule has 3 rings (SSSR count). The first-order chi connectivity index (χ1) is 9.33. The molecule has 0 aromatic heterocycles. The van der Waals surface area contributed by atoms with Gasteiger partial charge in [0.25, 0.3) is 0 Å². The van der Waals surface area contributed by atoms with E-state index in [9.17, 15) is 5.11 Å². The van der Waals surface area contributed by atoms with E-state index < -0.39 is 0 Å². The lowest BCUT2D eigenvalue weighted by molar-refractivity contribution is -0.0120.